The molecule has 0 saturated carbocycles. The number of fused-ring (bicyclic) bond motifs is 1. The quantitative estimate of drug-likeness (QED) is 0.745. The molecule has 2 aromatic rings. The lowest BCUT2D eigenvalue weighted by Crippen LogP contribution is -2.19. The molecule has 3 rings (SSSR count). The Labute approximate surface area is 131 Å². The number of amides is 1. The van der Waals surface area contributed by atoms with E-state index in [-0.39, 0.29) is 5.91 Å². The first-order valence-electron chi connectivity index (χ1n) is 6.83. The van der Waals surface area contributed by atoms with Gasteiger partial charge in [0.25, 0.3) is 0 Å². The van der Waals surface area contributed by atoms with E-state index >= 15 is 0 Å². The number of carbonyl (C=O) groups excluding carboxylic acids is 1. The molecular weight excluding hydrogens is 330 g/mol. The Morgan fingerprint density at radius 3 is 2.86 bits per heavy atom. The molecule has 0 aromatic heterocycles. The Morgan fingerprint density at radius 1 is 1.24 bits per heavy atom. The highest BCUT2D eigenvalue weighted by molar-refractivity contribution is 9.10. The minimum absolute atomic E-state index is 0.0517. The van der Waals surface area contributed by atoms with Crippen molar-refractivity contribution in [3.05, 3.63) is 52.0 Å². The number of halogens is 1. The summed E-state index contributed by atoms with van der Waals surface area (Å²) in [5, 5.41) is 6.22. The van der Waals surface area contributed by atoms with Gasteiger partial charge in [-0.25, -0.2) is 0 Å². The second-order valence-corrected chi connectivity index (χ2v) is 5.94. The van der Waals surface area contributed by atoms with Crippen LogP contribution in [0.1, 0.15) is 17.5 Å². The van der Waals surface area contributed by atoms with E-state index < -0.39 is 0 Å². The number of hydrogen-bond donors (Lipinski definition) is 3. The van der Waals surface area contributed by atoms with Crippen LogP contribution in [-0.2, 0) is 17.8 Å². The van der Waals surface area contributed by atoms with Gasteiger partial charge in [-0.1, -0.05) is 34.1 Å². The molecule has 2 aromatic carbocycles. The number of aryl methyl sites for hydroxylation is 1. The second kappa shape index (κ2) is 5.77. The molecule has 0 radical (unpaired) electrons. The van der Waals surface area contributed by atoms with Crippen molar-refractivity contribution in [2.45, 2.75) is 19.4 Å². The monoisotopic (exact) mass is 345 g/mol. The third-order valence-corrected chi connectivity index (χ3v) is 4.37. The molecule has 0 unspecified atom stereocenters. The van der Waals surface area contributed by atoms with Crippen molar-refractivity contribution in [1.29, 1.82) is 0 Å². The van der Waals surface area contributed by atoms with Crippen molar-refractivity contribution >= 4 is 38.9 Å². The summed E-state index contributed by atoms with van der Waals surface area (Å²) in [6.45, 7) is 0.691. The van der Waals surface area contributed by atoms with Gasteiger partial charge in [0.1, 0.15) is 0 Å². The van der Waals surface area contributed by atoms with Crippen molar-refractivity contribution in [3.8, 4) is 0 Å². The number of hydrogen-bond acceptors (Lipinski definition) is 3. The SMILES string of the molecule is Nc1cc2c(cc1NCc1ccccc1Br)CCC(=O)N2. The lowest BCUT2D eigenvalue weighted by atomic mass is 10.0. The van der Waals surface area contributed by atoms with Crippen LogP contribution in [0, 0.1) is 0 Å². The highest BCUT2D eigenvalue weighted by Crippen LogP contribution is 2.31. The molecule has 1 aliphatic heterocycles. The van der Waals surface area contributed by atoms with Crippen LogP contribution in [0.25, 0.3) is 0 Å². The van der Waals surface area contributed by atoms with Crippen LogP contribution < -0.4 is 16.4 Å². The average molecular weight is 346 g/mol. The van der Waals surface area contributed by atoms with E-state index in [0.29, 0.717) is 18.7 Å². The summed E-state index contributed by atoms with van der Waals surface area (Å²) in [4.78, 5) is 11.4. The lowest BCUT2D eigenvalue weighted by molar-refractivity contribution is -0.116. The number of anilines is 3. The predicted octanol–water partition coefficient (Wildman–Crippen LogP) is 3.53. The molecule has 1 aliphatic rings. The molecule has 0 saturated heterocycles. The molecule has 0 fully saturated rings. The van der Waals surface area contributed by atoms with Crippen LogP contribution in [0.3, 0.4) is 0 Å². The molecule has 0 bridgehead atoms. The Balaban J connectivity index is 1.80. The first kappa shape index (κ1) is 13.9. The summed E-state index contributed by atoms with van der Waals surface area (Å²) >= 11 is 3.54. The smallest absolute Gasteiger partial charge is 0.224 e. The lowest BCUT2D eigenvalue weighted by Gasteiger charge is -2.20. The molecule has 0 atom stereocenters. The fourth-order valence-electron chi connectivity index (χ4n) is 2.43. The second-order valence-electron chi connectivity index (χ2n) is 5.09. The maximum absolute atomic E-state index is 11.4. The van der Waals surface area contributed by atoms with Crippen LogP contribution in [0.5, 0.6) is 0 Å². The average Bonchev–Trinajstić information content (AvgIpc) is 2.46. The Kier molecular flexibility index (Phi) is 3.84. The third kappa shape index (κ3) is 3.03. The van der Waals surface area contributed by atoms with Crippen LogP contribution in [0.15, 0.2) is 40.9 Å². The number of nitrogen functional groups attached to an aromatic ring is 1. The highest BCUT2D eigenvalue weighted by Gasteiger charge is 2.16. The van der Waals surface area contributed by atoms with Crippen molar-refractivity contribution in [1.82, 2.24) is 0 Å². The van der Waals surface area contributed by atoms with Crippen molar-refractivity contribution in [2.75, 3.05) is 16.4 Å². The van der Waals surface area contributed by atoms with Gasteiger partial charge in [0.2, 0.25) is 5.91 Å². The number of rotatable bonds is 3. The van der Waals surface area contributed by atoms with Gasteiger partial charge in [0.05, 0.1) is 11.4 Å². The molecule has 108 valence electrons. The summed E-state index contributed by atoms with van der Waals surface area (Å²) in [7, 11) is 0. The fourth-order valence-corrected chi connectivity index (χ4v) is 2.86. The zero-order valence-corrected chi connectivity index (χ0v) is 13.0. The zero-order chi connectivity index (χ0) is 14.8. The van der Waals surface area contributed by atoms with E-state index in [1.165, 1.54) is 5.56 Å². The van der Waals surface area contributed by atoms with Crippen molar-refractivity contribution < 1.29 is 4.79 Å². The maximum Gasteiger partial charge on any atom is 0.224 e. The Morgan fingerprint density at radius 2 is 2.05 bits per heavy atom. The van der Waals surface area contributed by atoms with Crippen LogP contribution >= 0.6 is 15.9 Å². The van der Waals surface area contributed by atoms with Crippen molar-refractivity contribution in [2.24, 2.45) is 0 Å². The van der Waals surface area contributed by atoms with E-state index in [2.05, 4.69) is 32.6 Å². The highest BCUT2D eigenvalue weighted by atomic mass is 79.9. The van der Waals surface area contributed by atoms with Crippen molar-refractivity contribution in [3.63, 3.8) is 0 Å². The van der Waals surface area contributed by atoms with Gasteiger partial charge < -0.3 is 16.4 Å². The molecule has 1 amide bonds. The Hall–Kier alpha value is -2.01. The summed E-state index contributed by atoms with van der Waals surface area (Å²) in [5.74, 6) is 0.0517. The number of nitrogens with one attached hydrogen (secondary N) is 2. The van der Waals surface area contributed by atoms with Gasteiger partial charge in [-0.15, -0.1) is 0 Å². The summed E-state index contributed by atoms with van der Waals surface area (Å²) in [6, 6.07) is 11.9. The summed E-state index contributed by atoms with van der Waals surface area (Å²) in [5.41, 5.74) is 10.7. The van der Waals surface area contributed by atoms with E-state index in [9.17, 15) is 4.79 Å². The Bertz CT molecular complexity index is 700. The first-order valence-corrected chi connectivity index (χ1v) is 7.62. The molecule has 0 spiro atoms. The van der Waals surface area contributed by atoms with E-state index in [4.69, 9.17) is 5.73 Å². The van der Waals surface area contributed by atoms with Gasteiger partial charge in [-0.2, -0.15) is 0 Å². The molecule has 0 aliphatic carbocycles. The van der Waals surface area contributed by atoms with Crippen LogP contribution in [-0.4, -0.2) is 5.91 Å². The van der Waals surface area contributed by atoms with E-state index in [0.717, 1.165) is 27.8 Å². The molecular formula is C16H16BrN3O. The van der Waals surface area contributed by atoms with Gasteiger partial charge in [0.15, 0.2) is 0 Å². The first-order chi connectivity index (χ1) is 10.1. The van der Waals surface area contributed by atoms with Crippen LogP contribution in [0.2, 0.25) is 0 Å². The fraction of sp³-hybridized carbons (Fsp3) is 0.188. The topological polar surface area (TPSA) is 67.1 Å². The minimum Gasteiger partial charge on any atom is -0.397 e. The molecule has 5 heteroatoms. The number of nitrogens with two attached hydrogens (primary N) is 1. The largest absolute Gasteiger partial charge is 0.397 e. The van der Waals surface area contributed by atoms with Gasteiger partial charge in [-0.05, 0) is 35.7 Å². The predicted molar refractivity (Wildman–Crippen MR) is 89.3 cm³/mol. The molecule has 21 heavy (non-hydrogen) atoms. The molecule has 4 nitrogen and oxygen atoms in total. The van der Waals surface area contributed by atoms with Gasteiger partial charge >= 0.3 is 0 Å². The maximum atomic E-state index is 11.4. The van der Waals surface area contributed by atoms with Gasteiger partial charge in [-0.3, -0.25) is 4.79 Å². The minimum atomic E-state index is 0.0517. The summed E-state index contributed by atoms with van der Waals surface area (Å²) in [6.07, 6.45) is 1.28. The van der Waals surface area contributed by atoms with Crippen LogP contribution in [0.4, 0.5) is 17.1 Å². The molecule has 1 heterocycles. The third-order valence-electron chi connectivity index (χ3n) is 3.60. The number of carbonyl (C=O) groups is 1. The number of benzene rings is 2. The normalized spacial score (nSPS) is 13.5. The standard InChI is InChI=1S/C16H16BrN3O/c17-12-4-2-1-3-11(12)9-19-15-7-10-5-6-16(21)20-14(10)8-13(15)18/h1-4,7-8,19H,5-6,9,18H2,(H,20,21). The van der Waals surface area contributed by atoms with Gasteiger partial charge in [0, 0.05) is 23.1 Å². The summed E-state index contributed by atoms with van der Waals surface area (Å²) < 4.78 is 1.07. The molecule has 4 N–H and O–H groups in total. The van der Waals surface area contributed by atoms with E-state index in [1.807, 2.05) is 30.3 Å². The zero-order valence-electron chi connectivity index (χ0n) is 11.4. The van der Waals surface area contributed by atoms with E-state index in [1.54, 1.807) is 0 Å².